The summed E-state index contributed by atoms with van der Waals surface area (Å²) in [4.78, 5) is 23.8. The SMILES string of the molecule is O=C(COC(=O)C=Cc1ccc2c(c1)OCO2)Nc1ccc2c(c1)OCCO2. The van der Waals surface area contributed by atoms with Crippen LogP contribution in [-0.2, 0) is 14.3 Å². The van der Waals surface area contributed by atoms with Crippen molar-refractivity contribution in [2.75, 3.05) is 31.9 Å². The number of nitrogens with one attached hydrogen (secondary N) is 1. The third-order valence-electron chi connectivity index (χ3n) is 3.98. The third-order valence-corrected chi connectivity index (χ3v) is 3.98. The molecular formula is C20H17NO7. The molecular weight excluding hydrogens is 366 g/mol. The van der Waals surface area contributed by atoms with Crippen LogP contribution in [0, 0.1) is 0 Å². The van der Waals surface area contributed by atoms with Gasteiger partial charge in [0.25, 0.3) is 5.91 Å². The molecule has 8 heteroatoms. The van der Waals surface area contributed by atoms with Gasteiger partial charge in [-0.3, -0.25) is 4.79 Å². The first kappa shape index (κ1) is 17.7. The Labute approximate surface area is 160 Å². The van der Waals surface area contributed by atoms with Crippen LogP contribution in [0.15, 0.2) is 42.5 Å². The fourth-order valence-corrected chi connectivity index (χ4v) is 2.68. The summed E-state index contributed by atoms with van der Waals surface area (Å²) in [6.07, 6.45) is 2.82. The number of hydrogen-bond acceptors (Lipinski definition) is 7. The van der Waals surface area contributed by atoms with Crippen LogP contribution in [-0.4, -0.2) is 38.5 Å². The van der Waals surface area contributed by atoms with Gasteiger partial charge in [-0.05, 0) is 35.9 Å². The molecule has 4 rings (SSSR count). The van der Waals surface area contributed by atoms with Crippen molar-refractivity contribution in [3.8, 4) is 23.0 Å². The second kappa shape index (κ2) is 7.91. The topological polar surface area (TPSA) is 92.3 Å². The van der Waals surface area contributed by atoms with E-state index in [9.17, 15) is 9.59 Å². The Balaban J connectivity index is 1.27. The van der Waals surface area contributed by atoms with Gasteiger partial charge in [0.15, 0.2) is 29.6 Å². The van der Waals surface area contributed by atoms with E-state index in [-0.39, 0.29) is 6.79 Å². The minimum Gasteiger partial charge on any atom is -0.486 e. The molecule has 0 saturated heterocycles. The predicted octanol–water partition coefficient (Wildman–Crippen LogP) is 2.38. The molecule has 28 heavy (non-hydrogen) atoms. The lowest BCUT2D eigenvalue weighted by Gasteiger charge is -2.18. The van der Waals surface area contributed by atoms with E-state index in [4.69, 9.17) is 23.7 Å². The Morgan fingerprint density at radius 3 is 2.54 bits per heavy atom. The summed E-state index contributed by atoms with van der Waals surface area (Å²) in [6, 6.07) is 10.4. The molecule has 0 bridgehead atoms. The van der Waals surface area contributed by atoms with Crippen molar-refractivity contribution in [1.82, 2.24) is 0 Å². The fraction of sp³-hybridized carbons (Fsp3) is 0.200. The largest absolute Gasteiger partial charge is 0.486 e. The Morgan fingerprint density at radius 1 is 0.929 bits per heavy atom. The van der Waals surface area contributed by atoms with Crippen molar-refractivity contribution in [3.63, 3.8) is 0 Å². The second-order valence-electron chi connectivity index (χ2n) is 5.96. The molecule has 0 unspecified atom stereocenters. The number of carbonyl (C=O) groups is 2. The number of anilines is 1. The number of rotatable bonds is 5. The zero-order valence-corrected chi connectivity index (χ0v) is 14.8. The van der Waals surface area contributed by atoms with Gasteiger partial charge in [0, 0.05) is 17.8 Å². The average Bonchev–Trinajstić information content (AvgIpc) is 3.18. The molecule has 2 aliphatic heterocycles. The third kappa shape index (κ3) is 4.17. The van der Waals surface area contributed by atoms with Gasteiger partial charge in [-0.2, -0.15) is 0 Å². The van der Waals surface area contributed by atoms with Gasteiger partial charge in [-0.1, -0.05) is 6.07 Å². The Kier molecular flexibility index (Phi) is 5.01. The fourth-order valence-electron chi connectivity index (χ4n) is 2.68. The number of ether oxygens (including phenoxy) is 5. The first-order valence-corrected chi connectivity index (χ1v) is 8.61. The number of fused-ring (bicyclic) bond motifs is 2. The van der Waals surface area contributed by atoms with Gasteiger partial charge >= 0.3 is 5.97 Å². The van der Waals surface area contributed by atoms with Crippen LogP contribution in [0.2, 0.25) is 0 Å². The number of esters is 1. The first-order valence-electron chi connectivity index (χ1n) is 8.61. The number of carbonyl (C=O) groups excluding carboxylic acids is 2. The highest BCUT2D eigenvalue weighted by molar-refractivity contribution is 5.94. The molecule has 0 radical (unpaired) electrons. The summed E-state index contributed by atoms with van der Waals surface area (Å²) >= 11 is 0. The molecule has 2 heterocycles. The van der Waals surface area contributed by atoms with Crippen molar-refractivity contribution in [2.45, 2.75) is 0 Å². The standard InChI is InChI=1S/C20H17NO7/c22-19(21-14-3-5-15-18(10-14)25-8-7-24-15)11-26-20(23)6-2-13-1-4-16-17(9-13)28-12-27-16/h1-6,9-10H,7-8,11-12H2,(H,21,22). The molecule has 1 N–H and O–H groups in total. The summed E-state index contributed by atoms with van der Waals surface area (Å²) < 4.78 is 26.3. The summed E-state index contributed by atoms with van der Waals surface area (Å²) in [5, 5.41) is 2.64. The van der Waals surface area contributed by atoms with Crippen molar-refractivity contribution < 1.29 is 33.3 Å². The minimum absolute atomic E-state index is 0.184. The smallest absolute Gasteiger partial charge is 0.331 e. The summed E-state index contributed by atoms with van der Waals surface area (Å²) in [6.45, 7) is 0.730. The molecule has 1 amide bonds. The van der Waals surface area contributed by atoms with E-state index in [0.29, 0.717) is 41.9 Å². The molecule has 0 fully saturated rings. The molecule has 0 saturated carbocycles. The highest BCUT2D eigenvalue weighted by atomic mass is 16.7. The Hall–Kier alpha value is -3.68. The van der Waals surface area contributed by atoms with Gasteiger partial charge < -0.3 is 29.0 Å². The lowest BCUT2D eigenvalue weighted by molar-refractivity contribution is -0.142. The predicted molar refractivity (Wildman–Crippen MR) is 98.6 cm³/mol. The lowest BCUT2D eigenvalue weighted by Crippen LogP contribution is -2.20. The van der Waals surface area contributed by atoms with Crippen molar-refractivity contribution in [3.05, 3.63) is 48.0 Å². The van der Waals surface area contributed by atoms with Crippen molar-refractivity contribution >= 4 is 23.6 Å². The molecule has 2 aromatic rings. The molecule has 144 valence electrons. The van der Waals surface area contributed by atoms with Crippen molar-refractivity contribution in [2.24, 2.45) is 0 Å². The maximum Gasteiger partial charge on any atom is 0.331 e. The monoisotopic (exact) mass is 383 g/mol. The van der Waals surface area contributed by atoms with E-state index in [0.717, 1.165) is 5.56 Å². The first-order chi connectivity index (χ1) is 13.7. The van der Waals surface area contributed by atoms with E-state index in [1.807, 2.05) is 0 Å². The number of hydrogen-bond donors (Lipinski definition) is 1. The molecule has 2 aromatic carbocycles. The average molecular weight is 383 g/mol. The van der Waals surface area contributed by atoms with E-state index in [1.165, 1.54) is 6.08 Å². The normalized spacial score (nSPS) is 14.0. The summed E-state index contributed by atoms with van der Waals surface area (Å²) in [5.41, 5.74) is 1.28. The summed E-state index contributed by atoms with van der Waals surface area (Å²) in [7, 11) is 0. The van der Waals surface area contributed by atoms with Gasteiger partial charge in [-0.15, -0.1) is 0 Å². The molecule has 8 nitrogen and oxygen atoms in total. The van der Waals surface area contributed by atoms with E-state index in [2.05, 4.69) is 5.32 Å². The Morgan fingerprint density at radius 2 is 1.64 bits per heavy atom. The number of amides is 1. The molecule has 0 aromatic heterocycles. The van der Waals surface area contributed by atoms with E-state index >= 15 is 0 Å². The highest BCUT2D eigenvalue weighted by Gasteiger charge is 2.14. The van der Waals surface area contributed by atoms with Gasteiger partial charge in [0.05, 0.1) is 0 Å². The maximum atomic E-state index is 12.0. The van der Waals surface area contributed by atoms with E-state index in [1.54, 1.807) is 42.5 Å². The zero-order valence-electron chi connectivity index (χ0n) is 14.8. The number of benzene rings is 2. The lowest BCUT2D eigenvalue weighted by atomic mass is 10.2. The molecule has 0 aliphatic carbocycles. The van der Waals surface area contributed by atoms with Crippen LogP contribution in [0.25, 0.3) is 6.08 Å². The van der Waals surface area contributed by atoms with Gasteiger partial charge in [-0.25, -0.2) is 4.79 Å². The van der Waals surface area contributed by atoms with E-state index < -0.39 is 18.5 Å². The van der Waals surface area contributed by atoms with Crippen LogP contribution in [0.4, 0.5) is 5.69 Å². The van der Waals surface area contributed by atoms with Crippen molar-refractivity contribution in [1.29, 1.82) is 0 Å². The van der Waals surface area contributed by atoms with Gasteiger partial charge in [0.2, 0.25) is 6.79 Å². The van der Waals surface area contributed by atoms with Crippen LogP contribution in [0.1, 0.15) is 5.56 Å². The molecule has 0 atom stereocenters. The van der Waals surface area contributed by atoms with Crippen LogP contribution in [0.3, 0.4) is 0 Å². The quantitative estimate of drug-likeness (QED) is 0.626. The molecule has 0 spiro atoms. The Bertz CT molecular complexity index is 938. The van der Waals surface area contributed by atoms with Crippen LogP contribution < -0.4 is 24.3 Å². The second-order valence-corrected chi connectivity index (χ2v) is 5.96. The highest BCUT2D eigenvalue weighted by Crippen LogP contribution is 2.33. The summed E-state index contributed by atoms with van der Waals surface area (Å²) in [5.74, 6) is 1.39. The minimum atomic E-state index is -0.630. The van der Waals surface area contributed by atoms with Crippen LogP contribution >= 0.6 is 0 Å². The van der Waals surface area contributed by atoms with Gasteiger partial charge in [0.1, 0.15) is 13.2 Å². The maximum absolute atomic E-state index is 12.0. The molecule has 2 aliphatic rings. The van der Waals surface area contributed by atoms with Crippen LogP contribution in [0.5, 0.6) is 23.0 Å². The zero-order chi connectivity index (χ0) is 19.3.